The third-order valence-electron chi connectivity index (χ3n) is 5.67. The van der Waals surface area contributed by atoms with E-state index >= 15 is 0 Å². The van der Waals surface area contributed by atoms with Gasteiger partial charge in [-0.15, -0.1) is 0 Å². The molecule has 0 saturated carbocycles. The fraction of sp³-hybridized carbons (Fsp3) is 0.357. The van der Waals surface area contributed by atoms with E-state index in [1.54, 1.807) is 27.2 Å². The Labute approximate surface area is 207 Å². The predicted molar refractivity (Wildman–Crippen MR) is 141 cm³/mol. The Balaban J connectivity index is 2.46. The van der Waals surface area contributed by atoms with Gasteiger partial charge in [-0.25, -0.2) is 0 Å². The second kappa shape index (κ2) is 12.6. The number of hydrogen-bond acceptors (Lipinski definition) is 5. The Kier molecular flexibility index (Phi) is 9.94. The van der Waals surface area contributed by atoms with Crippen molar-refractivity contribution in [1.82, 2.24) is 5.32 Å². The third kappa shape index (κ3) is 7.12. The van der Waals surface area contributed by atoms with Crippen LogP contribution in [0.15, 0.2) is 41.5 Å². The van der Waals surface area contributed by atoms with E-state index in [1.165, 1.54) is 5.57 Å². The van der Waals surface area contributed by atoms with E-state index in [0.717, 1.165) is 40.0 Å². The summed E-state index contributed by atoms with van der Waals surface area (Å²) in [7, 11) is 3.24. The predicted octanol–water partition coefficient (Wildman–Crippen LogP) is 5.36. The quantitative estimate of drug-likeness (QED) is 0.296. The van der Waals surface area contributed by atoms with Crippen molar-refractivity contribution in [2.24, 2.45) is 0 Å². The zero-order valence-corrected chi connectivity index (χ0v) is 21.7. The number of aliphatic carboxylic acids is 1. The van der Waals surface area contributed by atoms with Gasteiger partial charge in [0.2, 0.25) is 5.91 Å². The second-order valence-electron chi connectivity index (χ2n) is 8.57. The van der Waals surface area contributed by atoms with Crippen molar-refractivity contribution in [1.29, 1.82) is 0 Å². The minimum absolute atomic E-state index is 0.0654. The smallest absolute Gasteiger partial charge is 0.305 e. The average Bonchev–Trinajstić information content (AvgIpc) is 2.81. The fourth-order valence-corrected chi connectivity index (χ4v) is 3.84. The van der Waals surface area contributed by atoms with Crippen LogP contribution in [0.25, 0.3) is 17.2 Å². The van der Waals surface area contributed by atoms with E-state index in [1.807, 2.05) is 38.1 Å². The first kappa shape index (κ1) is 27.5. The van der Waals surface area contributed by atoms with Gasteiger partial charge in [0.1, 0.15) is 11.5 Å². The second-order valence-corrected chi connectivity index (χ2v) is 8.57. The van der Waals surface area contributed by atoms with Crippen LogP contribution in [0.5, 0.6) is 11.5 Å². The molecular formula is C28H36N2O5. The molecule has 0 saturated heterocycles. The third-order valence-corrected chi connectivity index (χ3v) is 5.67. The number of anilines is 1. The zero-order chi connectivity index (χ0) is 26.1. The van der Waals surface area contributed by atoms with Gasteiger partial charge in [0.15, 0.2) is 0 Å². The van der Waals surface area contributed by atoms with E-state index in [2.05, 4.69) is 30.6 Å². The van der Waals surface area contributed by atoms with E-state index < -0.39 is 5.97 Å². The number of nitrogens with one attached hydrogen (secondary N) is 2. The number of methoxy groups -OCH3 is 2. The number of carbonyl (C=O) groups is 2. The van der Waals surface area contributed by atoms with Crippen LogP contribution in [0.3, 0.4) is 0 Å². The highest BCUT2D eigenvalue weighted by Gasteiger charge is 2.22. The van der Waals surface area contributed by atoms with Crippen molar-refractivity contribution >= 4 is 23.6 Å². The van der Waals surface area contributed by atoms with Crippen LogP contribution in [-0.2, 0) is 9.59 Å². The minimum Gasteiger partial charge on any atom is -0.496 e. The molecule has 0 radical (unpaired) electrons. The summed E-state index contributed by atoms with van der Waals surface area (Å²) in [6, 6.07) is 8.17. The molecule has 2 aromatic carbocycles. The number of amides is 1. The number of rotatable bonds is 11. The Morgan fingerprint density at radius 2 is 1.60 bits per heavy atom. The largest absolute Gasteiger partial charge is 0.496 e. The Morgan fingerprint density at radius 1 is 0.971 bits per heavy atom. The molecule has 0 aliphatic carbocycles. The van der Waals surface area contributed by atoms with Crippen molar-refractivity contribution < 1.29 is 24.2 Å². The lowest BCUT2D eigenvalue weighted by Gasteiger charge is -2.21. The molecule has 3 N–H and O–H groups in total. The first-order chi connectivity index (χ1) is 16.6. The summed E-state index contributed by atoms with van der Waals surface area (Å²) in [4.78, 5) is 23.2. The summed E-state index contributed by atoms with van der Waals surface area (Å²) in [6.45, 7) is 10.6. The topological polar surface area (TPSA) is 96.9 Å². The number of benzene rings is 2. The molecule has 0 aromatic heterocycles. The van der Waals surface area contributed by atoms with Crippen LogP contribution < -0.4 is 20.1 Å². The van der Waals surface area contributed by atoms with Crippen molar-refractivity contribution in [3.05, 3.63) is 58.2 Å². The lowest BCUT2D eigenvalue weighted by atomic mass is 9.91. The van der Waals surface area contributed by atoms with E-state index in [4.69, 9.17) is 14.6 Å². The standard InChI is InChI=1S/C28H36N2O5/c1-17(2)12-14-29-22-10-8-21(9-11-22)25-20(5)26(34-6)23(19(4)27(25)35-7)16-18(3)28(33)30-15-13-24(31)32/h8-12,16,29H,13-15H2,1-7H3,(H,30,33)(H,31,32). The highest BCUT2D eigenvalue weighted by atomic mass is 16.5. The van der Waals surface area contributed by atoms with Crippen LogP contribution in [0.2, 0.25) is 0 Å². The van der Waals surface area contributed by atoms with E-state index in [9.17, 15) is 9.59 Å². The number of carboxylic acids is 1. The molecule has 188 valence electrons. The molecule has 0 unspecified atom stereocenters. The van der Waals surface area contributed by atoms with Gasteiger partial charge in [-0.2, -0.15) is 0 Å². The molecule has 1 amide bonds. The van der Waals surface area contributed by atoms with Gasteiger partial charge < -0.3 is 25.2 Å². The number of ether oxygens (including phenoxy) is 2. The summed E-state index contributed by atoms with van der Waals surface area (Å²) in [5.74, 6) is 0.0716. The van der Waals surface area contributed by atoms with Gasteiger partial charge in [-0.05, 0) is 58.4 Å². The van der Waals surface area contributed by atoms with Crippen molar-refractivity contribution in [3.63, 3.8) is 0 Å². The molecule has 0 bridgehead atoms. The highest BCUT2D eigenvalue weighted by Crippen LogP contribution is 2.44. The molecule has 35 heavy (non-hydrogen) atoms. The fourth-order valence-electron chi connectivity index (χ4n) is 3.84. The number of carbonyl (C=O) groups excluding carboxylic acids is 1. The van der Waals surface area contributed by atoms with E-state index in [0.29, 0.717) is 17.1 Å². The number of allylic oxidation sites excluding steroid dienone is 1. The van der Waals surface area contributed by atoms with Crippen molar-refractivity contribution in [3.8, 4) is 22.6 Å². The van der Waals surface area contributed by atoms with Gasteiger partial charge in [-0.1, -0.05) is 23.8 Å². The molecular weight excluding hydrogens is 444 g/mol. The molecule has 0 aliphatic heterocycles. The maximum absolute atomic E-state index is 12.5. The van der Waals surface area contributed by atoms with Gasteiger partial charge >= 0.3 is 5.97 Å². The monoisotopic (exact) mass is 480 g/mol. The van der Waals surface area contributed by atoms with Crippen LogP contribution >= 0.6 is 0 Å². The van der Waals surface area contributed by atoms with Crippen LogP contribution in [0, 0.1) is 13.8 Å². The van der Waals surface area contributed by atoms with Crippen molar-refractivity contribution in [2.45, 2.75) is 41.0 Å². The van der Waals surface area contributed by atoms with Gasteiger partial charge in [0, 0.05) is 46.6 Å². The maximum atomic E-state index is 12.5. The summed E-state index contributed by atoms with van der Waals surface area (Å²) >= 11 is 0. The molecule has 0 fully saturated rings. The zero-order valence-electron chi connectivity index (χ0n) is 21.7. The lowest BCUT2D eigenvalue weighted by molar-refractivity contribution is -0.136. The van der Waals surface area contributed by atoms with Gasteiger partial charge in [-0.3, -0.25) is 9.59 Å². The van der Waals surface area contributed by atoms with Gasteiger partial charge in [0.25, 0.3) is 0 Å². The SMILES string of the molecule is COc1c(C)c(-c2ccc(NCC=C(C)C)cc2)c(OC)c(C)c1C=C(C)C(=O)NCCC(=O)O. The molecule has 7 nitrogen and oxygen atoms in total. The summed E-state index contributed by atoms with van der Waals surface area (Å²) in [5.41, 5.74) is 7.13. The normalized spacial score (nSPS) is 11.0. The molecule has 7 heteroatoms. The molecule has 0 heterocycles. The Hall–Kier alpha value is -3.74. The summed E-state index contributed by atoms with van der Waals surface area (Å²) in [6.07, 6.45) is 3.75. The molecule has 0 atom stereocenters. The average molecular weight is 481 g/mol. The first-order valence-corrected chi connectivity index (χ1v) is 11.5. The summed E-state index contributed by atoms with van der Waals surface area (Å²) in [5, 5.41) is 14.8. The number of hydrogen-bond donors (Lipinski definition) is 3. The molecule has 0 aliphatic rings. The molecule has 2 rings (SSSR count). The number of carboxylic acid groups (broad SMARTS) is 1. The lowest BCUT2D eigenvalue weighted by Crippen LogP contribution is -2.26. The van der Waals surface area contributed by atoms with E-state index in [-0.39, 0.29) is 18.9 Å². The van der Waals surface area contributed by atoms with Crippen LogP contribution in [-0.4, -0.2) is 44.3 Å². The first-order valence-electron chi connectivity index (χ1n) is 11.5. The van der Waals surface area contributed by atoms with Crippen LogP contribution in [0.4, 0.5) is 5.69 Å². The maximum Gasteiger partial charge on any atom is 0.305 e. The molecule has 2 aromatic rings. The molecule has 0 spiro atoms. The Morgan fingerprint density at radius 3 is 2.14 bits per heavy atom. The highest BCUT2D eigenvalue weighted by molar-refractivity contribution is 5.98. The summed E-state index contributed by atoms with van der Waals surface area (Å²) < 4.78 is 11.6. The van der Waals surface area contributed by atoms with Crippen molar-refractivity contribution in [2.75, 3.05) is 32.6 Å². The van der Waals surface area contributed by atoms with Gasteiger partial charge in [0.05, 0.1) is 20.6 Å². The van der Waals surface area contributed by atoms with Crippen LogP contribution in [0.1, 0.15) is 43.9 Å². The minimum atomic E-state index is -0.961. The Bertz CT molecular complexity index is 1130.